The fourth-order valence-corrected chi connectivity index (χ4v) is 4.80. The van der Waals surface area contributed by atoms with Crippen LogP contribution in [0.15, 0.2) is 60.0 Å². The predicted molar refractivity (Wildman–Crippen MR) is 117 cm³/mol. The minimum atomic E-state index is 0.134. The Kier molecular flexibility index (Phi) is 5.17. The summed E-state index contributed by atoms with van der Waals surface area (Å²) in [4.78, 5) is 22.1. The van der Waals surface area contributed by atoms with E-state index in [1.165, 1.54) is 29.1 Å². The highest BCUT2D eigenvalue weighted by Gasteiger charge is 2.27. The highest BCUT2D eigenvalue weighted by molar-refractivity contribution is 7.09. The molecule has 2 heterocycles. The van der Waals surface area contributed by atoms with Crippen LogP contribution in [0.5, 0.6) is 0 Å². The molecule has 0 atom stereocenters. The van der Waals surface area contributed by atoms with Gasteiger partial charge in [0, 0.05) is 43.0 Å². The van der Waals surface area contributed by atoms with Gasteiger partial charge in [-0.05, 0) is 36.1 Å². The molecule has 1 aliphatic carbocycles. The predicted octanol–water partition coefficient (Wildman–Crippen LogP) is 4.65. The van der Waals surface area contributed by atoms with E-state index in [0.29, 0.717) is 0 Å². The Balaban J connectivity index is 1.16. The first-order chi connectivity index (χ1) is 14.3. The molecule has 1 amide bonds. The lowest BCUT2D eigenvalue weighted by atomic mass is 10.0. The highest BCUT2D eigenvalue weighted by Crippen LogP contribution is 2.40. The summed E-state index contributed by atoms with van der Waals surface area (Å²) in [6.45, 7) is 4.28. The summed E-state index contributed by atoms with van der Waals surface area (Å²) < 4.78 is 0. The van der Waals surface area contributed by atoms with Crippen LogP contribution in [-0.2, 0) is 6.54 Å². The third-order valence-electron chi connectivity index (χ3n) is 5.82. The third-order valence-corrected chi connectivity index (χ3v) is 6.67. The fourth-order valence-electron chi connectivity index (χ4n) is 3.88. The molecule has 3 aromatic rings. The molecule has 5 rings (SSSR count). The van der Waals surface area contributed by atoms with Gasteiger partial charge in [-0.25, -0.2) is 4.98 Å². The largest absolute Gasteiger partial charge is 0.336 e. The molecule has 1 aliphatic heterocycles. The molecule has 1 saturated carbocycles. The Morgan fingerprint density at radius 3 is 2.31 bits per heavy atom. The van der Waals surface area contributed by atoms with Crippen molar-refractivity contribution in [2.75, 3.05) is 26.2 Å². The van der Waals surface area contributed by atoms with E-state index in [0.717, 1.165) is 49.8 Å². The first-order valence-electron chi connectivity index (χ1n) is 10.4. The molecule has 29 heavy (non-hydrogen) atoms. The molecule has 4 nitrogen and oxygen atoms in total. The van der Waals surface area contributed by atoms with Crippen molar-refractivity contribution in [3.63, 3.8) is 0 Å². The summed E-state index contributed by atoms with van der Waals surface area (Å²) in [6, 6.07) is 18.2. The Labute approximate surface area is 175 Å². The van der Waals surface area contributed by atoms with Crippen molar-refractivity contribution in [3.05, 3.63) is 76.2 Å². The number of amides is 1. The zero-order valence-corrected chi connectivity index (χ0v) is 17.3. The molecule has 148 valence electrons. The van der Waals surface area contributed by atoms with Crippen LogP contribution in [0.25, 0.3) is 11.1 Å². The maximum Gasteiger partial charge on any atom is 0.253 e. The van der Waals surface area contributed by atoms with Crippen molar-refractivity contribution in [3.8, 4) is 11.1 Å². The summed E-state index contributed by atoms with van der Waals surface area (Å²) in [5.41, 5.74) is 4.37. The van der Waals surface area contributed by atoms with Gasteiger partial charge in [-0.1, -0.05) is 42.5 Å². The zero-order valence-electron chi connectivity index (χ0n) is 16.5. The average molecular weight is 404 g/mol. The van der Waals surface area contributed by atoms with Crippen LogP contribution in [0.1, 0.15) is 39.8 Å². The molecular formula is C24H25N3OS. The molecular weight excluding hydrogens is 378 g/mol. The molecule has 2 fully saturated rings. The number of rotatable bonds is 5. The van der Waals surface area contributed by atoms with Gasteiger partial charge >= 0.3 is 0 Å². The van der Waals surface area contributed by atoms with Crippen molar-refractivity contribution in [1.29, 1.82) is 0 Å². The van der Waals surface area contributed by atoms with E-state index in [4.69, 9.17) is 4.98 Å². The molecule has 0 bridgehead atoms. The fraction of sp³-hybridized carbons (Fsp3) is 0.333. The van der Waals surface area contributed by atoms with Gasteiger partial charge in [0.05, 0.1) is 12.2 Å². The smallest absolute Gasteiger partial charge is 0.253 e. The molecule has 5 heteroatoms. The molecule has 0 N–H and O–H groups in total. The summed E-state index contributed by atoms with van der Waals surface area (Å²) >= 11 is 1.78. The van der Waals surface area contributed by atoms with E-state index in [1.54, 1.807) is 11.3 Å². The minimum absolute atomic E-state index is 0.134. The van der Waals surface area contributed by atoms with Gasteiger partial charge in [0.15, 0.2) is 0 Å². The van der Waals surface area contributed by atoms with E-state index in [9.17, 15) is 4.79 Å². The number of thiazole rings is 1. The lowest BCUT2D eigenvalue weighted by Gasteiger charge is -2.34. The average Bonchev–Trinajstić information content (AvgIpc) is 3.54. The summed E-state index contributed by atoms with van der Waals surface area (Å²) in [5, 5.41) is 3.44. The number of carbonyl (C=O) groups is 1. The van der Waals surface area contributed by atoms with Crippen LogP contribution in [0, 0.1) is 0 Å². The quantitative estimate of drug-likeness (QED) is 0.622. The van der Waals surface area contributed by atoms with Gasteiger partial charge in [0.1, 0.15) is 5.01 Å². The van der Waals surface area contributed by atoms with Crippen LogP contribution in [0.2, 0.25) is 0 Å². The van der Waals surface area contributed by atoms with Crippen molar-refractivity contribution in [2.24, 2.45) is 0 Å². The van der Waals surface area contributed by atoms with E-state index in [2.05, 4.69) is 22.4 Å². The minimum Gasteiger partial charge on any atom is -0.336 e. The third kappa shape index (κ3) is 4.26. The Morgan fingerprint density at radius 2 is 1.62 bits per heavy atom. The van der Waals surface area contributed by atoms with Crippen LogP contribution < -0.4 is 0 Å². The molecule has 0 radical (unpaired) electrons. The second-order valence-corrected chi connectivity index (χ2v) is 8.89. The van der Waals surface area contributed by atoms with Gasteiger partial charge < -0.3 is 4.90 Å². The Hall–Kier alpha value is -2.50. The van der Waals surface area contributed by atoms with Crippen molar-refractivity contribution in [1.82, 2.24) is 14.8 Å². The highest BCUT2D eigenvalue weighted by atomic mass is 32.1. The number of aromatic nitrogens is 1. The van der Waals surface area contributed by atoms with Gasteiger partial charge in [-0.15, -0.1) is 11.3 Å². The van der Waals surface area contributed by atoms with Gasteiger partial charge in [-0.3, -0.25) is 9.69 Å². The van der Waals surface area contributed by atoms with Crippen LogP contribution in [0.4, 0.5) is 0 Å². The summed E-state index contributed by atoms with van der Waals surface area (Å²) in [7, 11) is 0. The molecule has 2 aliphatic rings. The van der Waals surface area contributed by atoms with Crippen LogP contribution in [0.3, 0.4) is 0 Å². The van der Waals surface area contributed by atoms with Crippen LogP contribution in [-0.4, -0.2) is 46.9 Å². The molecule has 1 aromatic heterocycles. The number of hydrogen-bond donors (Lipinski definition) is 0. The number of piperazine rings is 1. The van der Waals surface area contributed by atoms with E-state index < -0.39 is 0 Å². The monoisotopic (exact) mass is 403 g/mol. The zero-order chi connectivity index (χ0) is 19.6. The topological polar surface area (TPSA) is 36.4 Å². The van der Waals surface area contributed by atoms with Crippen molar-refractivity contribution >= 4 is 17.2 Å². The Morgan fingerprint density at radius 1 is 0.931 bits per heavy atom. The first-order valence-corrected chi connectivity index (χ1v) is 11.3. The lowest BCUT2D eigenvalue weighted by Crippen LogP contribution is -2.48. The van der Waals surface area contributed by atoms with Gasteiger partial charge in [-0.2, -0.15) is 0 Å². The van der Waals surface area contributed by atoms with Crippen molar-refractivity contribution < 1.29 is 4.79 Å². The molecule has 1 saturated heterocycles. The van der Waals surface area contributed by atoms with E-state index in [1.807, 2.05) is 47.4 Å². The van der Waals surface area contributed by atoms with Crippen molar-refractivity contribution in [2.45, 2.75) is 25.3 Å². The maximum absolute atomic E-state index is 12.9. The maximum atomic E-state index is 12.9. The molecule has 2 aromatic carbocycles. The standard InChI is InChI=1S/C24H25N3OS/c28-24(21-10-6-19(7-11-21)18-4-2-1-3-5-18)27-14-12-26(13-15-27)16-23-25-22(17-29-23)20-8-9-20/h1-7,10-11,17,20H,8-9,12-16H2. The van der Waals surface area contributed by atoms with Gasteiger partial charge in [0.25, 0.3) is 5.91 Å². The second kappa shape index (κ2) is 8.09. The number of benzene rings is 2. The number of nitrogens with zero attached hydrogens (tertiary/aromatic N) is 3. The van der Waals surface area contributed by atoms with E-state index >= 15 is 0 Å². The van der Waals surface area contributed by atoms with E-state index in [-0.39, 0.29) is 5.91 Å². The lowest BCUT2D eigenvalue weighted by molar-refractivity contribution is 0.0628. The molecule has 0 unspecified atom stereocenters. The first kappa shape index (κ1) is 18.5. The summed E-state index contributed by atoms with van der Waals surface area (Å²) in [5.74, 6) is 0.859. The number of carbonyl (C=O) groups excluding carboxylic acids is 1. The summed E-state index contributed by atoms with van der Waals surface area (Å²) in [6.07, 6.45) is 2.60. The molecule has 0 spiro atoms. The van der Waals surface area contributed by atoms with Crippen LogP contribution >= 0.6 is 11.3 Å². The normalized spacial score (nSPS) is 17.4. The second-order valence-electron chi connectivity index (χ2n) is 7.95. The van der Waals surface area contributed by atoms with Gasteiger partial charge in [0.2, 0.25) is 0 Å². The number of hydrogen-bond acceptors (Lipinski definition) is 4. The Bertz CT molecular complexity index is 971. The SMILES string of the molecule is O=C(c1ccc(-c2ccccc2)cc1)N1CCN(Cc2nc(C3CC3)cs2)CC1.